The minimum absolute atomic E-state index is 0. The first-order chi connectivity index (χ1) is 44.7. The molecule has 3 aromatic carbocycles. The lowest BCUT2D eigenvalue weighted by atomic mass is 10.0. The Morgan fingerprint density at radius 1 is 0.474 bits per heavy atom. The third kappa shape index (κ3) is 32.1. The number of aromatic nitrogens is 9. The summed E-state index contributed by atoms with van der Waals surface area (Å²) >= 11 is 35.8. The van der Waals surface area contributed by atoms with Crippen LogP contribution in [0.2, 0.25) is 30.9 Å². The minimum Gasteiger partial charge on any atom is -0.495 e. The average Bonchev–Trinajstić information content (AvgIpc) is 0.857. The van der Waals surface area contributed by atoms with Gasteiger partial charge in [-0.25, -0.2) is 0 Å². The van der Waals surface area contributed by atoms with E-state index in [1.54, 1.807) is 51.7 Å². The first-order valence-electron chi connectivity index (χ1n) is 32.3. The molecule has 2 saturated heterocycles. The standard InChI is InChI=1S/C24H38ClN7O.C17H23Cl2N5O.C10H7Cl3N4O.C7H16N2.C7H17N.2CH4/c1-6-8-17(9-7-2)26-22-28-23(27-18-10-11-21(33-5)20(25)16-18)30-24(29-22)32(4)19-12-14-31(3)15-13-19;1-4-6-11(7-5-2)20-16-22-15(19)23-17(24-16)21-12-8-9-14(25-3)13(18)10-12;1-18-7-3-2-5(4-6(7)11)14-10-16-8(12)15-9(13)17-10;1-8-7-3-5-9(2)6-4-7;1-3-5-7(8)6-4-2;;/h10-11,16-17,19H,6-9,12-15H2,1-5H3,(H2,26,27,28,29,30);8-11H,4-7H2,1-3H3,(H2,20,21,22,23,24);2-4H,1H3,(H,14,15,16,17);7-8H,3-6H2,1-2H3;7H,3-6,8H2,1-2H3;2*1H4. The van der Waals surface area contributed by atoms with Crippen LogP contribution in [0.4, 0.5) is 52.8 Å². The Hall–Kier alpha value is -5.53. The number of hydrogen-bond acceptors (Lipinski definition) is 22. The van der Waals surface area contributed by atoms with E-state index in [0.717, 1.165) is 94.7 Å². The largest absolute Gasteiger partial charge is 0.495 e. The minimum atomic E-state index is 0. The van der Waals surface area contributed by atoms with Gasteiger partial charge in [0, 0.05) is 54.3 Å². The first-order valence-corrected chi connectivity index (χ1v) is 34.6. The predicted molar refractivity (Wildman–Crippen MR) is 403 cm³/mol. The van der Waals surface area contributed by atoms with E-state index in [-0.39, 0.29) is 36.7 Å². The summed E-state index contributed by atoms with van der Waals surface area (Å²) < 4.78 is 15.5. The van der Waals surface area contributed by atoms with Crippen LogP contribution in [0.1, 0.15) is 159 Å². The van der Waals surface area contributed by atoms with E-state index in [1.165, 1.54) is 51.6 Å². The summed E-state index contributed by atoms with van der Waals surface area (Å²) in [6, 6.07) is 18.3. The Labute approximate surface area is 597 Å². The Balaban J connectivity index is 0.000000438. The van der Waals surface area contributed by atoms with Gasteiger partial charge in [-0.05, 0) is 201 Å². The molecule has 22 nitrogen and oxygen atoms in total. The number of piperidine rings is 2. The van der Waals surface area contributed by atoms with Gasteiger partial charge in [0.15, 0.2) is 0 Å². The Morgan fingerprint density at radius 2 is 0.789 bits per heavy atom. The average molecular weight is 1440 g/mol. The van der Waals surface area contributed by atoms with Crippen molar-refractivity contribution < 1.29 is 14.2 Å². The molecule has 3 aromatic heterocycles. The summed E-state index contributed by atoms with van der Waals surface area (Å²) in [5.74, 6) is 4.65. The third-order valence-electron chi connectivity index (χ3n) is 15.2. The quantitative estimate of drug-likeness (QED) is 0.0241. The van der Waals surface area contributed by atoms with Crippen LogP contribution in [0.15, 0.2) is 54.6 Å². The molecule has 0 atom stereocenters. The molecule has 8 N–H and O–H groups in total. The van der Waals surface area contributed by atoms with E-state index >= 15 is 0 Å². The molecule has 532 valence electrons. The number of ether oxygens (including phenoxy) is 3. The Kier molecular flexibility index (Phi) is 42.7. The lowest BCUT2D eigenvalue weighted by Gasteiger charge is -2.35. The van der Waals surface area contributed by atoms with Crippen molar-refractivity contribution in [3.05, 3.63) is 85.5 Å². The van der Waals surface area contributed by atoms with Crippen molar-refractivity contribution in [3.8, 4) is 17.2 Å². The van der Waals surface area contributed by atoms with Crippen LogP contribution in [0.5, 0.6) is 17.2 Å². The van der Waals surface area contributed by atoms with Gasteiger partial charge in [0.2, 0.25) is 51.5 Å². The zero-order chi connectivity index (χ0) is 68.2. The van der Waals surface area contributed by atoms with Crippen LogP contribution in [0.25, 0.3) is 0 Å². The fraction of sp³-hybridized carbons (Fsp3) is 0.597. The third-order valence-corrected chi connectivity index (χ3v) is 16.6. The molecule has 5 heterocycles. The smallest absolute Gasteiger partial charge is 0.233 e. The van der Waals surface area contributed by atoms with Crippen molar-refractivity contribution >= 4 is 122 Å². The van der Waals surface area contributed by atoms with Gasteiger partial charge >= 0.3 is 0 Å². The highest BCUT2D eigenvalue weighted by molar-refractivity contribution is 6.33. The second kappa shape index (κ2) is 47.4. The van der Waals surface area contributed by atoms with E-state index in [0.29, 0.717) is 91.9 Å². The van der Waals surface area contributed by atoms with Gasteiger partial charge in [-0.2, -0.15) is 44.9 Å². The fourth-order valence-electron chi connectivity index (χ4n) is 10.2. The maximum Gasteiger partial charge on any atom is 0.233 e. The fourth-order valence-corrected chi connectivity index (χ4v) is 11.5. The van der Waals surface area contributed by atoms with Crippen LogP contribution >= 0.6 is 69.6 Å². The van der Waals surface area contributed by atoms with Gasteiger partial charge in [0.25, 0.3) is 0 Å². The van der Waals surface area contributed by atoms with Crippen molar-refractivity contribution in [1.82, 2.24) is 60.0 Å². The van der Waals surface area contributed by atoms with E-state index in [9.17, 15) is 0 Å². The normalized spacial score (nSPS) is 13.2. The summed E-state index contributed by atoms with van der Waals surface area (Å²) in [5, 5.41) is 21.1. The molecule has 0 saturated carbocycles. The molecule has 8 rings (SSSR count). The molecule has 0 unspecified atom stereocenters. The molecule has 0 radical (unpaired) electrons. The summed E-state index contributed by atoms with van der Waals surface area (Å²) in [5.41, 5.74) is 7.90. The Morgan fingerprint density at radius 3 is 1.14 bits per heavy atom. The van der Waals surface area contributed by atoms with Crippen LogP contribution in [-0.4, -0.2) is 161 Å². The van der Waals surface area contributed by atoms with E-state index in [2.05, 4.69) is 146 Å². The van der Waals surface area contributed by atoms with Crippen molar-refractivity contribution in [1.29, 1.82) is 0 Å². The highest BCUT2D eigenvalue weighted by atomic mass is 35.5. The maximum atomic E-state index is 6.32. The number of benzene rings is 3. The first kappa shape index (κ1) is 85.6. The number of nitrogens with two attached hydrogens (primary N) is 1. The number of likely N-dealkylation sites (tertiary alicyclic amines) is 2. The second-order valence-electron chi connectivity index (χ2n) is 22.8. The molecule has 2 aliphatic heterocycles. The lowest BCUT2D eigenvalue weighted by molar-refractivity contribution is 0.240. The van der Waals surface area contributed by atoms with Crippen molar-refractivity contribution in [2.45, 2.75) is 189 Å². The Bertz CT molecular complexity index is 3040. The number of nitrogens with zero attached hydrogens (tertiary/aromatic N) is 12. The number of halogens is 6. The number of hydrogen-bond donors (Lipinski definition) is 7. The summed E-state index contributed by atoms with van der Waals surface area (Å²) in [4.78, 5) is 45.3. The molecule has 2 aliphatic rings. The molecule has 0 spiro atoms. The molecule has 0 aliphatic carbocycles. The molecular formula is C67H109Cl6N19O3. The molecular weight excluding hydrogens is 1330 g/mol. The van der Waals surface area contributed by atoms with Crippen molar-refractivity contribution in [2.24, 2.45) is 5.73 Å². The number of rotatable bonds is 28. The van der Waals surface area contributed by atoms with Crippen LogP contribution in [-0.2, 0) is 0 Å². The van der Waals surface area contributed by atoms with Crippen LogP contribution in [0, 0.1) is 0 Å². The topological polar surface area (TPSA) is 252 Å². The molecule has 2 fully saturated rings. The summed E-state index contributed by atoms with van der Waals surface area (Å²) in [6.07, 6.45) is 18.3. The SMILES string of the molecule is C.C.CCCC(CCC)Nc1nc(Cl)nc(Nc2ccc(OC)c(Cl)c2)n1.CCCC(CCC)Nc1nc(Nc2ccc(OC)c(Cl)c2)nc(N(C)C2CCN(C)CC2)n1.CCCC(N)CCC.CNC1CCN(C)CC1.COc1ccc(Nc2nc(Cl)nc(Cl)n2)cc1Cl. The number of nitrogens with one attached hydrogen (secondary N) is 6. The monoisotopic (exact) mass is 1440 g/mol. The number of anilines is 9. The van der Waals surface area contributed by atoms with Gasteiger partial charge in [-0.15, -0.1) is 0 Å². The molecule has 28 heteroatoms. The number of methoxy groups -OCH3 is 3. The highest BCUT2D eigenvalue weighted by Gasteiger charge is 2.24. The van der Waals surface area contributed by atoms with Gasteiger partial charge in [0.05, 0.1) is 36.4 Å². The van der Waals surface area contributed by atoms with Crippen molar-refractivity contribution in [3.63, 3.8) is 0 Å². The maximum absolute atomic E-state index is 6.32. The molecule has 0 amide bonds. The van der Waals surface area contributed by atoms with E-state index in [4.69, 9.17) is 105 Å². The molecule has 0 bridgehead atoms. The zero-order valence-corrected chi connectivity index (χ0v) is 61.2. The van der Waals surface area contributed by atoms with Gasteiger partial charge in [0.1, 0.15) is 17.2 Å². The van der Waals surface area contributed by atoms with Crippen LogP contribution in [0.3, 0.4) is 0 Å². The predicted octanol–water partition coefficient (Wildman–Crippen LogP) is 17.6. The lowest BCUT2D eigenvalue weighted by Crippen LogP contribution is -2.42. The molecule has 6 aromatic rings. The van der Waals surface area contributed by atoms with Gasteiger partial charge < -0.3 is 66.5 Å². The van der Waals surface area contributed by atoms with Crippen molar-refractivity contribution in [2.75, 3.05) is 107 Å². The van der Waals surface area contributed by atoms with E-state index in [1.807, 2.05) is 24.3 Å². The van der Waals surface area contributed by atoms with Crippen LogP contribution < -0.4 is 56.7 Å². The summed E-state index contributed by atoms with van der Waals surface area (Å²) in [7, 11) is 13.2. The summed E-state index contributed by atoms with van der Waals surface area (Å²) in [6.45, 7) is 17.7. The zero-order valence-electron chi connectivity index (χ0n) is 56.7. The van der Waals surface area contributed by atoms with Gasteiger partial charge in [-0.3, -0.25) is 0 Å². The second-order valence-corrected chi connectivity index (χ2v) is 25.1. The van der Waals surface area contributed by atoms with E-state index < -0.39 is 0 Å². The highest BCUT2D eigenvalue weighted by Crippen LogP contribution is 2.32. The van der Waals surface area contributed by atoms with Gasteiger partial charge in [-0.1, -0.05) is 130 Å². The molecule has 95 heavy (non-hydrogen) atoms.